The van der Waals surface area contributed by atoms with Gasteiger partial charge in [-0.1, -0.05) is 29.3 Å². The number of fused-ring (bicyclic) bond motifs is 1. The van der Waals surface area contributed by atoms with Crippen molar-refractivity contribution >= 4 is 68.6 Å². The molecule has 14 heteroatoms. The first-order valence-electron chi connectivity index (χ1n) is 14.9. The Morgan fingerprint density at radius 2 is 1.94 bits per heavy atom. The van der Waals surface area contributed by atoms with Crippen LogP contribution in [0.2, 0.25) is 10.0 Å². The maximum atomic E-state index is 13.8. The topological polar surface area (TPSA) is 146 Å². The zero-order chi connectivity index (χ0) is 33.9. The van der Waals surface area contributed by atoms with Gasteiger partial charge in [0.25, 0.3) is 0 Å². The number of hydrazine groups is 1. The van der Waals surface area contributed by atoms with Crippen molar-refractivity contribution in [1.29, 1.82) is 5.26 Å². The number of nitriles is 1. The molecule has 1 amide bonds. The van der Waals surface area contributed by atoms with Crippen molar-refractivity contribution in [3.05, 3.63) is 92.2 Å². The summed E-state index contributed by atoms with van der Waals surface area (Å²) in [7, 11) is 0. The number of pyridine rings is 1. The van der Waals surface area contributed by atoms with E-state index in [2.05, 4.69) is 21.7 Å². The van der Waals surface area contributed by atoms with Crippen molar-refractivity contribution in [2.75, 3.05) is 23.7 Å². The van der Waals surface area contributed by atoms with Gasteiger partial charge in [0.1, 0.15) is 23.5 Å². The van der Waals surface area contributed by atoms with Crippen molar-refractivity contribution in [3.8, 4) is 6.07 Å². The van der Waals surface area contributed by atoms with Crippen LogP contribution in [0.1, 0.15) is 50.1 Å². The summed E-state index contributed by atoms with van der Waals surface area (Å²) in [5.41, 5.74) is 8.88. The average Bonchev–Trinajstić information content (AvgIpc) is 3.56. The van der Waals surface area contributed by atoms with Gasteiger partial charge in [-0.05, 0) is 75.4 Å². The van der Waals surface area contributed by atoms with Crippen molar-refractivity contribution in [3.63, 3.8) is 0 Å². The summed E-state index contributed by atoms with van der Waals surface area (Å²) in [5.74, 6) is 5.96. The predicted molar refractivity (Wildman–Crippen MR) is 186 cm³/mol. The Morgan fingerprint density at radius 3 is 2.57 bits per heavy atom. The van der Waals surface area contributed by atoms with E-state index in [0.717, 1.165) is 4.88 Å². The number of piperidine rings is 1. The van der Waals surface area contributed by atoms with Gasteiger partial charge >= 0.3 is 6.09 Å². The quantitative estimate of drug-likeness (QED) is 0.107. The van der Waals surface area contributed by atoms with Crippen LogP contribution in [-0.2, 0) is 4.74 Å². The minimum atomic E-state index is -0.562. The van der Waals surface area contributed by atoms with Gasteiger partial charge < -0.3 is 31.0 Å². The first-order valence-corrected chi connectivity index (χ1v) is 16.5. The molecule has 0 radical (unpaired) electrons. The van der Waals surface area contributed by atoms with Crippen LogP contribution in [0.5, 0.6) is 0 Å². The molecule has 47 heavy (non-hydrogen) atoms. The highest BCUT2D eigenvalue weighted by Crippen LogP contribution is 2.37. The lowest BCUT2D eigenvalue weighted by molar-refractivity contribution is 0.0165. The molecule has 5 rings (SSSR count). The second kappa shape index (κ2) is 14.2. The Hall–Kier alpha value is -4.28. The fourth-order valence-corrected chi connectivity index (χ4v) is 6.50. The van der Waals surface area contributed by atoms with Gasteiger partial charge in [0, 0.05) is 53.2 Å². The SMILES string of the molecule is CC(C)(C)OC(=O)N1CCC(N(N)/C=C(\N)[C@@H](Nc2cc(Cl)c3ncc(C#N)c(Nc4ccc(F)c(Cl)c4)c3c2)c2cccs2)CC1. The van der Waals surface area contributed by atoms with Crippen LogP contribution >= 0.6 is 34.5 Å². The molecule has 1 saturated heterocycles. The Kier molecular flexibility index (Phi) is 10.3. The zero-order valence-electron chi connectivity index (χ0n) is 26.1. The predicted octanol–water partition coefficient (Wildman–Crippen LogP) is 7.89. The minimum absolute atomic E-state index is 0.0320. The third-order valence-corrected chi connectivity index (χ3v) is 9.06. The first kappa shape index (κ1) is 34.1. The molecule has 6 N–H and O–H groups in total. The number of carbonyl (C=O) groups is 1. The van der Waals surface area contributed by atoms with Crippen LogP contribution in [0.3, 0.4) is 0 Å². The molecule has 1 aliphatic rings. The molecule has 1 fully saturated rings. The maximum absolute atomic E-state index is 13.8. The van der Waals surface area contributed by atoms with Crippen molar-refractivity contribution < 1.29 is 13.9 Å². The third kappa shape index (κ3) is 8.18. The highest BCUT2D eigenvalue weighted by Gasteiger charge is 2.29. The summed E-state index contributed by atoms with van der Waals surface area (Å²) in [6.07, 6.45) is 4.12. The molecular weight excluding hydrogens is 662 g/mol. The summed E-state index contributed by atoms with van der Waals surface area (Å²) in [6.45, 7) is 6.57. The van der Waals surface area contributed by atoms with Gasteiger partial charge in [-0.15, -0.1) is 11.3 Å². The summed E-state index contributed by atoms with van der Waals surface area (Å²) < 4.78 is 19.3. The molecule has 2 aromatic carbocycles. The maximum Gasteiger partial charge on any atom is 0.410 e. The highest BCUT2D eigenvalue weighted by molar-refractivity contribution is 7.10. The normalized spacial score (nSPS) is 14.9. The van der Waals surface area contributed by atoms with E-state index in [9.17, 15) is 14.4 Å². The van der Waals surface area contributed by atoms with Gasteiger partial charge in [-0.25, -0.2) is 15.0 Å². The molecule has 1 atom stereocenters. The second-order valence-electron chi connectivity index (χ2n) is 12.1. The molecular formula is C33H35Cl2FN8O2S. The molecule has 4 aromatic rings. The monoisotopic (exact) mass is 696 g/mol. The number of benzene rings is 2. The van der Waals surface area contributed by atoms with Crippen LogP contribution in [0.25, 0.3) is 10.9 Å². The standard InChI is InChI=1S/C33H35Cl2FN8O2S/c1-33(2,3)46-32(45)43-10-8-22(9-11-43)44(39)18-27(38)31(28-5-4-12-47-28)42-21-13-23-29(41-20-6-7-26(36)24(34)14-20)19(16-37)17-40-30(23)25(35)15-21/h4-7,12-15,17-18,22,31,42H,8-11,38-39H2,1-3H3,(H,40,41)/b27-18-/t31-/m1/s1. The molecule has 0 unspecified atom stereocenters. The number of amides is 1. The number of carbonyl (C=O) groups excluding carboxylic acids is 1. The first-order chi connectivity index (χ1) is 22.3. The van der Waals surface area contributed by atoms with Gasteiger partial charge in [-0.2, -0.15) is 5.26 Å². The average molecular weight is 698 g/mol. The van der Waals surface area contributed by atoms with Gasteiger partial charge in [0.2, 0.25) is 0 Å². The van der Waals surface area contributed by atoms with Crippen LogP contribution < -0.4 is 22.2 Å². The number of aromatic nitrogens is 1. The molecule has 10 nitrogen and oxygen atoms in total. The van der Waals surface area contributed by atoms with E-state index in [1.807, 2.05) is 44.4 Å². The van der Waals surface area contributed by atoms with Gasteiger partial charge in [0.05, 0.1) is 32.5 Å². The van der Waals surface area contributed by atoms with E-state index in [-0.39, 0.29) is 22.7 Å². The second-order valence-corrected chi connectivity index (χ2v) is 13.9. The number of thiophene rings is 1. The number of hydrogen-bond acceptors (Lipinski definition) is 10. The number of nitrogens with one attached hydrogen (secondary N) is 2. The fourth-order valence-electron chi connectivity index (χ4n) is 5.25. The van der Waals surface area contributed by atoms with Crippen molar-refractivity contribution in [1.82, 2.24) is 14.9 Å². The molecule has 2 aromatic heterocycles. The Bertz CT molecular complexity index is 1830. The molecule has 3 heterocycles. The number of halogens is 3. The molecule has 0 bridgehead atoms. The van der Waals surface area contributed by atoms with E-state index in [1.165, 1.54) is 35.7 Å². The smallest absolute Gasteiger partial charge is 0.410 e. The molecule has 1 aliphatic heterocycles. The number of anilines is 3. The van der Waals surface area contributed by atoms with Crippen LogP contribution in [-0.4, -0.2) is 45.7 Å². The number of nitrogens with two attached hydrogens (primary N) is 2. The Morgan fingerprint density at radius 1 is 1.21 bits per heavy atom. The Balaban J connectivity index is 1.41. The fraction of sp³-hybridized carbons (Fsp3) is 0.303. The van der Waals surface area contributed by atoms with Crippen LogP contribution in [0.4, 0.5) is 26.2 Å². The summed E-state index contributed by atoms with van der Waals surface area (Å²) >= 11 is 14.3. The van der Waals surface area contributed by atoms with E-state index in [0.29, 0.717) is 64.6 Å². The summed E-state index contributed by atoms with van der Waals surface area (Å²) in [5, 5.41) is 21.0. The van der Waals surface area contributed by atoms with E-state index >= 15 is 0 Å². The summed E-state index contributed by atoms with van der Waals surface area (Å²) in [4.78, 5) is 19.6. The molecule has 0 spiro atoms. The number of likely N-dealkylation sites (tertiary alicyclic amines) is 1. The zero-order valence-corrected chi connectivity index (χ0v) is 28.4. The van der Waals surface area contributed by atoms with Crippen molar-refractivity contribution in [2.24, 2.45) is 11.6 Å². The molecule has 246 valence electrons. The van der Waals surface area contributed by atoms with Crippen molar-refractivity contribution in [2.45, 2.75) is 51.3 Å². The Labute approximate surface area is 286 Å². The number of nitrogens with zero attached hydrogens (tertiary/aromatic N) is 4. The highest BCUT2D eigenvalue weighted by atomic mass is 35.5. The molecule has 0 aliphatic carbocycles. The van der Waals surface area contributed by atoms with E-state index in [1.54, 1.807) is 22.2 Å². The van der Waals surface area contributed by atoms with Crippen LogP contribution in [0, 0.1) is 17.1 Å². The lowest BCUT2D eigenvalue weighted by Gasteiger charge is -2.36. The third-order valence-electron chi connectivity index (χ3n) is 7.54. The van der Waals surface area contributed by atoms with E-state index < -0.39 is 17.5 Å². The number of hydrogen-bond donors (Lipinski definition) is 4. The van der Waals surface area contributed by atoms with E-state index in [4.69, 9.17) is 39.5 Å². The van der Waals surface area contributed by atoms with Crippen LogP contribution in [0.15, 0.2) is 65.9 Å². The summed E-state index contributed by atoms with van der Waals surface area (Å²) in [6, 6.07) is 13.3. The largest absolute Gasteiger partial charge is 0.444 e. The minimum Gasteiger partial charge on any atom is -0.444 e. The number of rotatable bonds is 8. The molecule has 0 saturated carbocycles. The number of ether oxygens (including phenoxy) is 1. The lowest BCUT2D eigenvalue weighted by Crippen LogP contribution is -2.48. The lowest BCUT2D eigenvalue weighted by atomic mass is 10.0. The van der Waals surface area contributed by atoms with Gasteiger partial charge in [0.15, 0.2) is 0 Å². The van der Waals surface area contributed by atoms with Gasteiger partial charge in [-0.3, -0.25) is 4.98 Å².